The van der Waals surface area contributed by atoms with Gasteiger partial charge in [0.2, 0.25) is 5.24 Å². The molecule has 0 radical (unpaired) electrons. The molecule has 3 heteroatoms. The molecule has 0 fully saturated rings. The molecule has 1 aliphatic rings. The van der Waals surface area contributed by atoms with Crippen molar-refractivity contribution in [1.29, 1.82) is 0 Å². The molecule has 1 aromatic carbocycles. The molecule has 1 unspecified atom stereocenters. The predicted octanol–water partition coefficient (Wildman–Crippen LogP) is 2.26. The van der Waals surface area contributed by atoms with Crippen LogP contribution in [-0.2, 0) is 4.79 Å². The van der Waals surface area contributed by atoms with Crippen molar-refractivity contribution in [2.24, 2.45) is 0 Å². The summed E-state index contributed by atoms with van der Waals surface area (Å²) in [5, 5.41) is 2.64. The Hall–Kier alpha value is -1.28. The Labute approximate surface area is 81.2 Å². The fourth-order valence-electron chi connectivity index (χ4n) is 1.32. The second kappa shape index (κ2) is 3.23. The number of halogens is 1. The van der Waals surface area contributed by atoms with Gasteiger partial charge in [0.1, 0.15) is 6.04 Å². The zero-order valence-corrected chi connectivity index (χ0v) is 7.58. The highest BCUT2D eigenvalue weighted by molar-refractivity contribution is 6.65. The lowest BCUT2D eigenvalue weighted by atomic mass is 10.1. The minimum absolute atomic E-state index is 0.384. The zero-order chi connectivity index (χ0) is 9.26. The van der Waals surface area contributed by atoms with Crippen molar-refractivity contribution in [3.8, 4) is 0 Å². The summed E-state index contributed by atoms with van der Waals surface area (Å²) in [6, 6.07) is 7.38. The van der Waals surface area contributed by atoms with Gasteiger partial charge in [-0.1, -0.05) is 30.4 Å². The van der Waals surface area contributed by atoms with Crippen molar-refractivity contribution >= 4 is 28.6 Å². The zero-order valence-electron chi connectivity index (χ0n) is 6.83. The lowest BCUT2D eigenvalue weighted by Gasteiger charge is -2.18. The van der Waals surface area contributed by atoms with E-state index >= 15 is 0 Å². The summed E-state index contributed by atoms with van der Waals surface area (Å²) < 4.78 is 0. The van der Waals surface area contributed by atoms with Gasteiger partial charge < -0.3 is 5.32 Å². The SMILES string of the molecule is O=C(Cl)C1C=Cc2ccccc2N1. The van der Waals surface area contributed by atoms with Crippen molar-refractivity contribution in [3.05, 3.63) is 35.9 Å². The van der Waals surface area contributed by atoms with Crippen molar-refractivity contribution in [1.82, 2.24) is 0 Å². The summed E-state index contributed by atoms with van der Waals surface area (Å²) in [5.41, 5.74) is 2.03. The minimum Gasteiger partial charge on any atom is -0.371 e. The van der Waals surface area contributed by atoms with Crippen molar-refractivity contribution < 1.29 is 4.79 Å². The van der Waals surface area contributed by atoms with Gasteiger partial charge in [-0.2, -0.15) is 0 Å². The highest BCUT2D eigenvalue weighted by Gasteiger charge is 2.16. The Morgan fingerprint density at radius 1 is 1.38 bits per heavy atom. The number of para-hydroxylation sites is 1. The molecule has 1 N–H and O–H groups in total. The fourth-order valence-corrected chi connectivity index (χ4v) is 1.45. The molecule has 0 aromatic heterocycles. The van der Waals surface area contributed by atoms with Gasteiger partial charge in [-0.25, -0.2) is 0 Å². The van der Waals surface area contributed by atoms with Gasteiger partial charge in [0.05, 0.1) is 0 Å². The van der Waals surface area contributed by atoms with E-state index in [1.807, 2.05) is 30.3 Å². The molecule has 1 heterocycles. The molecule has 66 valence electrons. The van der Waals surface area contributed by atoms with Crippen LogP contribution in [0.1, 0.15) is 5.56 Å². The van der Waals surface area contributed by atoms with Crippen molar-refractivity contribution in [3.63, 3.8) is 0 Å². The van der Waals surface area contributed by atoms with E-state index in [1.165, 1.54) is 0 Å². The van der Waals surface area contributed by atoms with E-state index in [1.54, 1.807) is 6.08 Å². The van der Waals surface area contributed by atoms with Crippen LogP contribution in [0, 0.1) is 0 Å². The molecular formula is C10H8ClNO. The van der Waals surface area contributed by atoms with Crippen LogP contribution >= 0.6 is 11.6 Å². The summed E-state index contributed by atoms with van der Waals surface area (Å²) in [5.74, 6) is 0. The van der Waals surface area contributed by atoms with Crippen LogP contribution in [0.2, 0.25) is 0 Å². The molecule has 0 saturated heterocycles. The Morgan fingerprint density at radius 2 is 2.15 bits per heavy atom. The van der Waals surface area contributed by atoms with Gasteiger partial charge in [-0.05, 0) is 23.2 Å². The second-order valence-corrected chi connectivity index (χ2v) is 3.25. The topological polar surface area (TPSA) is 29.1 Å². The van der Waals surface area contributed by atoms with E-state index < -0.39 is 6.04 Å². The highest BCUT2D eigenvalue weighted by Crippen LogP contribution is 2.22. The van der Waals surface area contributed by atoms with Crippen molar-refractivity contribution in [2.75, 3.05) is 5.32 Å². The average molecular weight is 194 g/mol. The third-order valence-electron chi connectivity index (χ3n) is 1.98. The highest BCUT2D eigenvalue weighted by atomic mass is 35.5. The lowest BCUT2D eigenvalue weighted by molar-refractivity contribution is -0.111. The average Bonchev–Trinajstić information content (AvgIpc) is 2.17. The van der Waals surface area contributed by atoms with E-state index in [4.69, 9.17) is 11.6 Å². The molecule has 0 spiro atoms. The van der Waals surface area contributed by atoms with E-state index in [0.29, 0.717) is 0 Å². The summed E-state index contributed by atoms with van der Waals surface area (Å²) in [7, 11) is 0. The third kappa shape index (κ3) is 1.58. The monoisotopic (exact) mass is 193 g/mol. The van der Waals surface area contributed by atoms with E-state index in [0.717, 1.165) is 11.3 Å². The van der Waals surface area contributed by atoms with Crippen LogP contribution < -0.4 is 5.32 Å². The van der Waals surface area contributed by atoms with E-state index in [2.05, 4.69) is 5.32 Å². The number of benzene rings is 1. The Kier molecular flexibility index (Phi) is 2.07. The van der Waals surface area contributed by atoms with Gasteiger partial charge in [0.25, 0.3) is 0 Å². The van der Waals surface area contributed by atoms with Gasteiger partial charge in [0.15, 0.2) is 0 Å². The first-order valence-corrected chi connectivity index (χ1v) is 4.38. The summed E-state index contributed by atoms with van der Waals surface area (Å²) in [6.45, 7) is 0. The van der Waals surface area contributed by atoms with Crippen LogP contribution in [0.15, 0.2) is 30.3 Å². The first-order chi connectivity index (χ1) is 6.27. The van der Waals surface area contributed by atoms with Crippen LogP contribution in [-0.4, -0.2) is 11.3 Å². The maximum Gasteiger partial charge on any atom is 0.247 e. The van der Waals surface area contributed by atoms with Gasteiger partial charge in [-0.15, -0.1) is 0 Å². The number of carbonyl (C=O) groups excluding carboxylic acids is 1. The van der Waals surface area contributed by atoms with Crippen LogP contribution in [0.25, 0.3) is 6.08 Å². The molecule has 1 aromatic rings. The molecule has 0 amide bonds. The maximum atomic E-state index is 10.9. The normalized spacial score (nSPS) is 19.0. The molecule has 1 aliphatic heterocycles. The maximum absolute atomic E-state index is 10.9. The van der Waals surface area contributed by atoms with Crippen LogP contribution in [0.3, 0.4) is 0 Å². The van der Waals surface area contributed by atoms with E-state index in [-0.39, 0.29) is 5.24 Å². The number of hydrogen-bond donors (Lipinski definition) is 1. The van der Waals surface area contributed by atoms with E-state index in [9.17, 15) is 4.79 Å². The second-order valence-electron chi connectivity index (χ2n) is 2.87. The Balaban J connectivity index is 2.34. The van der Waals surface area contributed by atoms with Gasteiger partial charge in [0, 0.05) is 5.69 Å². The number of carbonyl (C=O) groups is 1. The number of rotatable bonds is 1. The predicted molar refractivity (Wildman–Crippen MR) is 53.7 cm³/mol. The van der Waals surface area contributed by atoms with Crippen LogP contribution in [0.4, 0.5) is 5.69 Å². The van der Waals surface area contributed by atoms with Gasteiger partial charge >= 0.3 is 0 Å². The molecule has 2 rings (SSSR count). The quantitative estimate of drug-likeness (QED) is 0.694. The standard InChI is InChI=1S/C10H8ClNO/c11-10(13)9-6-5-7-3-1-2-4-8(7)12-9/h1-6,9,12H. The Bertz CT molecular complexity index is 373. The molecule has 1 atom stereocenters. The molecule has 13 heavy (non-hydrogen) atoms. The largest absolute Gasteiger partial charge is 0.371 e. The smallest absolute Gasteiger partial charge is 0.247 e. The van der Waals surface area contributed by atoms with Crippen LogP contribution in [0.5, 0.6) is 0 Å². The summed E-state index contributed by atoms with van der Waals surface area (Å²) >= 11 is 5.37. The molecular weight excluding hydrogens is 186 g/mol. The molecule has 0 aliphatic carbocycles. The number of nitrogens with one attached hydrogen (secondary N) is 1. The number of anilines is 1. The van der Waals surface area contributed by atoms with Gasteiger partial charge in [-0.3, -0.25) is 4.79 Å². The third-order valence-corrected chi connectivity index (χ3v) is 2.22. The summed E-state index contributed by atoms with van der Waals surface area (Å²) in [6.07, 6.45) is 3.66. The van der Waals surface area contributed by atoms with Crippen molar-refractivity contribution in [2.45, 2.75) is 6.04 Å². The first kappa shape index (κ1) is 8.32. The lowest BCUT2D eigenvalue weighted by Crippen LogP contribution is -2.25. The summed E-state index contributed by atoms with van der Waals surface area (Å²) in [4.78, 5) is 10.9. The fraction of sp³-hybridized carbons (Fsp3) is 0.100. The molecule has 0 saturated carbocycles. The first-order valence-electron chi connectivity index (χ1n) is 4.00. The Morgan fingerprint density at radius 3 is 2.92 bits per heavy atom. The number of hydrogen-bond acceptors (Lipinski definition) is 2. The molecule has 2 nitrogen and oxygen atoms in total. The molecule has 0 bridgehead atoms. The minimum atomic E-state index is -0.392. The number of fused-ring (bicyclic) bond motifs is 1.